The summed E-state index contributed by atoms with van der Waals surface area (Å²) in [5.74, 6) is 0. The molecule has 0 atom stereocenters. The van der Waals surface area contributed by atoms with Gasteiger partial charge in [-0.05, 0) is 84.8 Å². The molecule has 5 nitrogen and oxygen atoms in total. The fraction of sp³-hybridized carbons (Fsp3) is 0.267. The summed E-state index contributed by atoms with van der Waals surface area (Å²) < 4.78 is 4.28. The van der Waals surface area contributed by atoms with Crippen molar-refractivity contribution in [1.82, 2.24) is 24.1 Å². The van der Waals surface area contributed by atoms with Gasteiger partial charge in [-0.15, -0.1) is 22.8 Å². The van der Waals surface area contributed by atoms with E-state index in [1.165, 1.54) is 27.8 Å². The predicted octanol–water partition coefficient (Wildman–Crippen LogP) is 9.73. The molecule has 0 spiro atoms. The number of imidazole rings is 1. The molecule has 0 unspecified atom stereocenters. The molecular formula is C45H43N5Pt. The maximum absolute atomic E-state index is 5.18. The monoisotopic (exact) mass is 848 g/mol. The molecule has 4 aromatic heterocycles. The smallest absolute Gasteiger partial charge is 0.411 e. The normalized spacial score (nSPS) is 13.6. The summed E-state index contributed by atoms with van der Waals surface area (Å²) in [6, 6.07) is 38.6. The number of nitrogens with zero attached hydrogens (tertiary/aromatic N) is 5. The first kappa shape index (κ1) is 34.8. The molecule has 0 saturated carbocycles. The van der Waals surface area contributed by atoms with E-state index in [4.69, 9.17) is 15.1 Å². The Labute approximate surface area is 316 Å². The summed E-state index contributed by atoms with van der Waals surface area (Å²) in [4.78, 5) is 10.2. The molecule has 0 aliphatic heterocycles. The minimum Gasteiger partial charge on any atom is -0.411 e. The molecule has 0 N–H and O–H groups in total. The van der Waals surface area contributed by atoms with Crippen LogP contribution >= 0.6 is 0 Å². The Balaban J connectivity index is 0.00000406. The van der Waals surface area contributed by atoms with Gasteiger partial charge in [0.05, 0.1) is 5.69 Å². The minimum absolute atomic E-state index is 0. The van der Waals surface area contributed by atoms with E-state index in [9.17, 15) is 0 Å². The quantitative estimate of drug-likeness (QED) is 0.162. The van der Waals surface area contributed by atoms with Gasteiger partial charge in [-0.3, -0.25) is 14.6 Å². The third-order valence-corrected chi connectivity index (χ3v) is 10.8. The van der Waals surface area contributed by atoms with E-state index in [2.05, 4.69) is 163 Å². The number of hydrogen-bond acceptors (Lipinski definition) is 3. The van der Waals surface area contributed by atoms with Crippen LogP contribution in [0.4, 0.5) is 0 Å². The van der Waals surface area contributed by atoms with Crippen molar-refractivity contribution >= 4 is 5.65 Å². The maximum Gasteiger partial charge on any atom is 2.00 e. The van der Waals surface area contributed by atoms with Crippen molar-refractivity contribution in [2.75, 3.05) is 0 Å². The zero-order valence-corrected chi connectivity index (χ0v) is 33.1. The summed E-state index contributed by atoms with van der Waals surface area (Å²) >= 11 is 0. The van der Waals surface area contributed by atoms with Crippen LogP contribution in [0.3, 0.4) is 0 Å². The van der Waals surface area contributed by atoms with Gasteiger partial charge >= 0.3 is 21.1 Å². The number of hydrogen-bond donors (Lipinski definition) is 0. The molecule has 1 aliphatic carbocycles. The van der Waals surface area contributed by atoms with Crippen LogP contribution in [0.25, 0.3) is 22.5 Å². The molecule has 4 heterocycles. The van der Waals surface area contributed by atoms with Gasteiger partial charge in [0.2, 0.25) is 0 Å². The summed E-state index contributed by atoms with van der Waals surface area (Å²) in [5, 5.41) is 4.85. The van der Waals surface area contributed by atoms with Crippen LogP contribution in [0.1, 0.15) is 96.5 Å². The summed E-state index contributed by atoms with van der Waals surface area (Å²) in [6.07, 6.45) is 4.22. The van der Waals surface area contributed by atoms with E-state index >= 15 is 0 Å². The zero-order chi connectivity index (χ0) is 35.2. The summed E-state index contributed by atoms with van der Waals surface area (Å²) in [7, 11) is 0. The Morgan fingerprint density at radius 2 is 1.39 bits per heavy atom. The molecule has 0 bridgehead atoms. The van der Waals surface area contributed by atoms with Gasteiger partial charge in [0.1, 0.15) is 0 Å². The predicted molar refractivity (Wildman–Crippen MR) is 201 cm³/mol. The van der Waals surface area contributed by atoms with Crippen molar-refractivity contribution in [1.29, 1.82) is 0 Å². The van der Waals surface area contributed by atoms with Crippen LogP contribution in [0, 0.1) is 39.8 Å². The Morgan fingerprint density at radius 3 is 2.02 bits per heavy atom. The van der Waals surface area contributed by atoms with Crippen LogP contribution in [0.5, 0.6) is 0 Å². The Morgan fingerprint density at radius 1 is 0.725 bits per heavy atom. The Hall–Kier alpha value is -4.60. The van der Waals surface area contributed by atoms with E-state index in [0.717, 1.165) is 56.5 Å². The Bertz CT molecular complexity index is 2410. The molecule has 0 fully saturated rings. The first-order chi connectivity index (χ1) is 23.8. The van der Waals surface area contributed by atoms with Gasteiger partial charge in [0.15, 0.2) is 0 Å². The number of aryl methyl sites for hydroxylation is 4. The van der Waals surface area contributed by atoms with Crippen molar-refractivity contribution in [2.24, 2.45) is 0 Å². The first-order valence-corrected chi connectivity index (χ1v) is 17.5. The van der Waals surface area contributed by atoms with Crippen molar-refractivity contribution in [3.63, 3.8) is 0 Å². The van der Waals surface area contributed by atoms with Gasteiger partial charge in [-0.1, -0.05) is 89.3 Å². The summed E-state index contributed by atoms with van der Waals surface area (Å²) in [6.45, 7) is 19.7. The second-order valence-electron chi connectivity index (χ2n) is 15.5. The van der Waals surface area contributed by atoms with Gasteiger partial charge in [-0.25, -0.2) is 0 Å². The van der Waals surface area contributed by atoms with Gasteiger partial charge in [-0.2, -0.15) is 29.4 Å². The zero-order valence-electron chi connectivity index (χ0n) is 30.8. The van der Waals surface area contributed by atoms with E-state index in [1.807, 2.05) is 17.8 Å². The number of pyridine rings is 2. The molecule has 8 rings (SSSR count). The number of benzene rings is 3. The second-order valence-corrected chi connectivity index (χ2v) is 15.5. The molecule has 0 saturated heterocycles. The molecule has 0 radical (unpaired) electrons. The van der Waals surface area contributed by atoms with Crippen molar-refractivity contribution in [3.05, 3.63) is 171 Å². The SMILES string of the molecule is Cc1cc(C)n(-c2[c-]c(C3(c4[c-]c(C(C)(C)c5cc(C(C)(C)C)ccn5)c5nc(C)c(C)n5c4)c4ccccc4-c4ccccc43)ccc2)n1.[Pt+2]. The van der Waals surface area contributed by atoms with Crippen LogP contribution in [-0.2, 0) is 37.3 Å². The van der Waals surface area contributed by atoms with E-state index < -0.39 is 10.8 Å². The molecule has 3 aromatic carbocycles. The van der Waals surface area contributed by atoms with Gasteiger partial charge < -0.3 is 4.40 Å². The van der Waals surface area contributed by atoms with E-state index in [0.29, 0.717) is 0 Å². The van der Waals surface area contributed by atoms with Crippen LogP contribution in [0.15, 0.2) is 97.3 Å². The third-order valence-electron chi connectivity index (χ3n) is 10.8. The molecule has 0 amide bonds. The molecule has 258 valence electrons. The fourth-order valence-corrected chi connectivity index (χ4v) is 7.94. The van der Waals surface area contributed by atoms with Crippen molar-refractivity contribution < 1.29 is 21.1 Å². The topological polar surface area (TPSA) is 48.0 Å². The van der Waals surface area contributed by atoms with Gasteiger partial charge in [0.25, 0.3) is 0 Å². The van der Waals surface area contributed by atoms with Crippen LogP contribution < -0.4 is 0 Å². The number of rotatable bonds is 5. The fourth-order valence-electron chi connectivity index (χ4n) is 7.94. The Kier molecular flexibility index (Phi) is 8.38. The number of fused-ring (bicyclic) bond motifs is 4. The van der Waals surface area contributed by atoms with Gasteiger partial charge in [0, 0.05) is 45.4 Å². The average Bonchev–Trinajstić information content (AvgIpc) is 3.71. The van der Waals surface area contributed by atoms with E-state index in [1.54, 1.807) is 0 Å². The molecule has 1 aliphatic rings. The standard InChI is InChI=1S/C45H43N5.Pt/c1-28-23-29(2)50(48-28)35-16-14-15-33(24-35)45(38-19-12-10-17-36(38)37-18-11-13-20-39(37)45)34-25-40(42-47-30(3)31(4)49(42)27-34)44(8,9)41-26-32(21-22-46-41)43(5,6)7;/h10-23,26-27H,1-9H3;/q-2;+2. The number of aromatic nitrogens is 5. The second kappa shape index (κ2) is 12.3. The molecule has 51 heavy (non-hydrogen) atoms. The first-order valence-electron chi connectivity index (χ1n) is 17.5. The average molecular weight is 849 g/mol. The molecular weight excluding hydrogens is 806 g/mol. The van der Waals surface area contributed by atoms with E-state index in [-0.39, 0.29) is 26.5 Å². The van der Waals surface area contributed by atoms with Crippen LogP contribution in [-0.4, -0.2) is 24.1 Å². The van der Waals surface area contributed by atoms with Crippen molar-refractivity contribution in [2.45, 2.75) is 78.6 Å². The minimum atomic E-state index is -0.719. The third kappa shape index (κ3) is 5.27. The summed E-state index contributed by atoms with van der Waals surface area (Å²) in [5.41, 5.74) is 15.0. The maximum atomic E-state index is 5.18. The van der Waals surface area contributed by atoms with Crippen LogP contribution in [0.2, 0.25) is 0 Å². The molecule has 6 heteroatoms. The largest absolute Gasteiger partial charge is 2.00 e. The molecule has 7 aromatic rings. The van der Waals surface area contributed by atoms with Crippen molar-refractivity contribution in [3.8, 4) is 16.8 Å².